The molecule has 2 fully saturated rings. The van der Waals surface area contributed by atoms with Gasteiger partial charge >= 0.3 is 0 Å². The molecule has 132 valence electrons. The Balaban J connectivity index is 1.57. The second-order valence-corrected chi connectivity index (χ2v) is 6.81. The molecule has 2 aliphatic rings. The fourth-order valence-corrected chi connectivity index (χ4v) is 3.42. The van der Waals surface area contributed by atoms with Crippen LogP contribution in [0.2, 0.25) is 0 Å². The first kappa shape index (κ1) is 16.9. The predicted molar refractivity (Wildman–Crippen MR) is 85.7 cm³/mol. The molecule has 1 aromatic rings. The average Bonchev–Trinajstić information content (AvgIpc) is 3.16. The van der Waals surface area contributed by atoms with Crippen LogP contribution in [0.3, 0.4) is 0 Å². The molecule has 2 atom stereocenters. The van der Waals surface area contributed by atoms with Crippen LogP contribution in [0.15, 0.2) is 12.4 Å². The minimum absolute atomic E-state index is 0.0651. The van der Waals surface area contributed by atoms with Crippen LogP contribution in [0, 0.1) is 5.41 Å². The van der Waals surface area contributed by atoms with Crippen molar-refractivity contribution in [2.75, 3.05) is 20.1 Å². The minimum Gasteiger partial charge on any atom is -0.358 e. The molecule has 2 heterocycles. The van der Waals surface area contributed by atoms with Gasteiger partial charge in [0.2, 0.25) is 11.8 Å². The summed E-state index contributed by atoms with van der Waals surface area (Å²) in [6.07, 6.45) is 4.34. The number of amides is 2. The second-order valence-electron chi connectivity index (χ2n) is 6.81. The summed E-state index contributed by atoms with van der Waals surface area (Å²) >= 11 is 0. The van der Waals surface area contributed by atoms with Gasteiger partial charge in [0.05, 0.1) is 6.20 Å². The Kier molecular flexibility index (Phi) is 4.58. The maximum absolute atomic E-state index is 13.8. The van der Waals surface area contributed by atoms with Crippen molar-refractivity contribution in [2.24, 2.45) is 12.5 Å². The lowest BCUT2D eigenvalue weighted by Crippen LogP contribution is -2.46. The van der Waals surface area contributed by atoms with Crippen molar-refractivity contribution < 1.29 is 14.0 Å². The van der Waals surface area contributed by atoms with Crippen molar-refractivity contribution >= 4 is 11.8 Å². The summed E-state index contributed by atoms with van der Waals surface area (Å²) in [6.45, 7) is 1.32. The van der Waals surface area contributed by atoms with Gasteiger partial charge in [-0.2, -0.15) is 5.10 Å². The fourth-order valence-electron chi connectivity index (χ4n) is 3.42. The van der Waals surface area contributed by atoms with Crippen LogP contribution in [0.1, 0.15) is 24.8 Å². The molecule has 7 nitrogen and oxygen atoms in total. The number of carbonyl (C=O) groups excluding carboxylic acids is 2. The van der Waals surface area contributed by atoms with Crippen LogP contribution >= 0.6 is 0 Å². The number of likely N-dealkylation sites (tertiary alicyclic amines) is 1. The lowest BCUT2D eigenvalue weighted by molar-refractivity contribution is -0.137. The summed E-state index contributed by atoms with van der Waals surface area (Å²) in [5.74, 6) is -0.479. The number of hydrogen-bond donors (Lipinski definition) is 2. The summed E-state index contributed by atoms with van der Waals surface area (Å²) in [5.41, 5.74) is 0.114. The Morgan fingerprint density at radius 2 is 2.17 bits per heavy atom. The zero-order chi connectivity index (χ0) is 17.3. The quantitative estimate of drug-likeness (QED) is 0.715. The number of halogens is 1. The Labute approximate surface area is 140 Å². The fraction of sp³-hybridized carbons (Fsp3) is 0.688. The third-order valence-electron chi connectivity index (χ3n) is 4.97. The van der Waals surface area contributed by atoms with Crippen LogP contribution in [0.4, 0.5) is 4.39 Å². The highest BCUT2D eigenvalue weighted by Crippen LogP contribution is 2.46. The predicted octanol–water partition coefficient (Wildman–Crippen LogP) is -0.0251. The number of aryl methyl sites for hydroxylation is 1. The highest BCUT2D eigenvalue weighted by molar-refractivity contribution is 6.07. The van der Waals surface area contributed by atoms with Gasteiger partial charge in [0, 0.05) is 51.5 Å². The molecular formula is C16H24FN5O2. The third kappa shape index (κ3) is 3.28. The summed E-state index contributed by atoms with van der Waals surface area (Å²) in [6, 6.07) is -0.0651. The SMILES string of the molecule is CNC(=O)C1(C(=O)NC[C@@H]2C[C@H](F)CN2Cc2cnn(C)c2)CC1. The number of carbonyl (C=O) groups is 2. The van der Waals surface area contributed by atoms with Gasteiger partial charge in [-0.05, 0) is 19.3 Å². The number of nitrogens with zero attached hydrogens (tertiary/aromatic N) is 3. The van der Waals surface area contributed by atoms with Gasteiger partial charge in [-0.15, -0.1) is 0 Å². The molecule has 3 rings (SSSR count). The lowest BCUT2D eigenvalue weighted by atomic mass is 10.1. The van der Waals surface area contributed by atoms with E-state index >= 15 is 0 Å². The summed E-state index contributed by atoms with van der Waals surface area (Å²) in [4.78, 5) is 26.2. The molecule has 2 amide bonds. The van der Waals surface area contributed by atoms with Crippen molar-refractivity contribution in [2.45, 2.75) is 38.0 Å². The molecule has 24 heavy (non-hydrogen) atoms. The van der Waals surface area contributed by atoms with Gasteiger partial charge in [0.25, 0.3) is 0 Å². The van der Waals surface area contributed by atoms with E-state index in [4.69, 9.17) is 0 Å². The van der Waals surface area contributed by atoms with Crippen LogP contribution in [0.5, 0.6) is 0 Å². The summed E-state index contributed by atoms with van der Waals surface area (Å²) in [5, 5.41) is 9.53. The van der Waals surface area contributed by atoms with E-state index in [1.54, 1.807) is 10.9 Å². The Bertz CT molecular complexity index is 628. The van der Waals surface area contributed by atoms with Gasteiger partial charge in [-0.1, -0.05) is 0 Å². The third-order valence-corrected chi connectivity index (χ3v) is 4.97. The molecule has 1 saturated heterocycles. The normalized spacial score (nSPS) is 25.5. The van der Waals surface area contributed by atoms with Gasteiger partial charge in [-0.3, -0.25) is 19.2 Å². The van der Waals surface area contributed by atoms with Gasteiger partial charge < -0.3 is 10.6 Å². The Morgan fingerprint density at radius 1 is 1.42 bits per heavy atom. The van der Waals surface area contributed by atoms with Crippen molar-refractivity contribution in [1.29, 1.82) is 0 Å². The molecule has 1 aromatic heterocycles. The number of nitrogens with one attached hydrogen (secondary N) is 2. The Hall–Kier alpha value is -1.96. The standard InChI is InChI=1S/C16H24FN5O2/c1-18-14(23)16(3-4-16)15(24)19-7-13-5-12(17)10-22(13)9-11-6-20-21(2)8-11/h6,8,12-13H,3-5,7,9-10H2,1-2H3,(H,18,23)(H,19,24)/t12-,13-/m0/s1. The van der Waals surface area contributed by atoms with E-state index in [-0.39, 0.29) is 17.9 Å². The highest BCUT2D eigenvalue weighted by Gasteiger charge is 2.56. The molecule has 0 unspecified atom stereocenters. The Morgan fingerprint density at radius 3 is 2.75 bits per heavy atom. The molecule has 2 N–H and O–H groups in total. The van der Waals surface area contributed by atoms with Crippen molar-refractivity contribution in [3.63, 3.8) is 0 Å². The van der Waals surface area contributed by atoms with Crippen LogP contribution < -0.4 is 10.6 Å². The van der Waals surface area contributed by atoms with Gasteiger partial charge in [0.15, 0.2) is 0 Å². The van der Waals surface area contributed by atoms with Crippen LogP contribution in [-0.4, -0.2) is 58.8 Å². The first-order valence-corrected chi connectivity index (χ1v) is 8.31. The van der Waals surface area contributed by atoms with Crippen molar-refractivity contribution in [1.82, 2.24) is 25.3 Å². The average molecular weight is 337 g/mol. The largest absolute Gasteiger partial charge is 0.358 e. The first-order chi connectivity index (χ1) is 11.4. The topological polar surface area (TPSA) is 79.3 Å². The van der Waals surface area contributed by atoms with E-state index < -0.39 is 11.6 Å². The van der Waals surface area contributed by atoms with E-state index in [1.165, 1.54) is 7.05 Å². The van der Waals surface area contributed by atoms with Gasteiger partial charge in [0.1, 0.15) is 11.6 Å². The number of hydrogen-bond acceptors (Lipinski definition) is 4. The van der Waals surface area contributed by atoms with E-state index in [0.29, 0.717) is 38.9 Å². The molecule has 0 bridgehead atoms. The molecule has 0 radical (unpaired) electrons. The monoisotopic (exact) mass is 337 g/mol. The van der Waals surface area contributed by atoms with Crippen LogP contribution in [0.25, 0.3) is 0 Å². The van der Waals surface area contributed by atoms with E-state index in [1.807, 2.05) is 18.1 Å². The summed E-state index contributed by atoms with van der Waals surface area (Å²) < 4.78 is 15.6. The molecule has 0 spiro atoms. The van der Waals surface area contributed by atoms with E-state index in [2.05, 4.69) is 15.7 Å². The number of alkyl halides is 1. The van der Waals surface area contributed by atoms with Crippen LogP contribution in [-0.2, 0) is 23.2 Å². The molecule has 1 aliphatic heterocycles. The van der Waals surface area contributed by atoms with Crippen molar-refractivity contribution in [3.05, 3.63) is 18.0 Å². The van der Waals surface area contributed by atoms with E-state index in [9.17, 15) is 14.0 Å². The number of rotatable bonds is 6. The van der Waals surface area contributed by atoms with Crippen molar-refractivity contribution in [3.8, 4) is 0 Å². The van der Waals surface area contributed by atoms with E-state index in [0.717, 1.165) is 5.56 Å². The summed E-state index contributed by atoms with van der Waals surface area (Å²) in [7, 11) is 3.38. The smallest absolute Gasteiger partial charge is 0.235 e. The molecule has 1 saturated carbocycles. The first-order valence-electron chi connectivity index (χ1n) is 8.31. The highest BCUT2D eigenvalue weighted by atomic mass is 19.1. The van der Waals surface area contributed by atoms with Gasteiger partial charge in [-0.25, -0.2) is 4.39 Å². The number of aromatic nitrogens is 2. The minimum atomic E-state index is -0.906. The molecule has 0 aromatic carbocycles. The lowest BCUT2D eigenvalue weighted by Gasteiger charge is -2.24. The zero-order valence-electron chi connectivity index (χ0n) is 14.1. The maximum Gasteiger partial charge on any atom is 0.235 e. The second kappa shape index (κ2) is 6.51. The molecule has 1 aliphatic carbocycles. The maximum atomic E-state index is 13.8. The molecule has 8 heteroatoms. The molecular weight excluding hydrogens is 313 g/mol. The zero-order valence-corrected chi connectivity index (χ0v) is 14.1.